The van der Waals surface area contributed by atoms with Crippen molar-refractivity contribution in [1.82, 2.24) is 5.32 Å². The molecule has 4 heteroatoms. The van der Waals surface area contributed by atoms with Gasteiger partial charge in [0.25, 0.3) is 5.91 Å². The summed E-state index contributed by atoms with van der Waals surface area (Å²) in [6.45, 7) is 6.60. The van der Waals surface area contributed by atoms with Crippen LogP contribution in [0.15, 0.2) is 18.2 Å². The van der Waals surface area contributed by atoms with Crippen LogP contribution in [0.3, 0.4) is 0 Å². The van der Waals surface area contributed by atoms with Gasteiger partial charge in [-0.15, -0.1) is 0 Å². The van der Waals surface area contributed by atoms with Gasteiger partial charge in [-0.2, -0.15) is 0 Å². The van der Waals surface area contributed by atoms with Gasteiger partial charge in [-0.25, -0.2) is 0 Å². The summed E-state index contributed by atoms with van der Waals surface area (Å²) >= 11 is 0. The molecule has 0 bridgehead atoms. The number of anilines is 1. The molecule has 4 N–H and O–H groups in total. The fourth-order valence-corrected chi connectivity index (χ4v) is 1.19. The van der Waals surface area contributed by atoms with Gasteiger partial charge in [0.2, 0.25) is 0 Å². The van der Waals surface area contributed by atoms with E-state index in [0.717, 1.165) is 0 Å². The van der Waals surface area contributed by atoms with Gasteiger partial charge in [0.15, 0.2) is 5.75 Å². The third-order valence-electron chi connectivity index (χ3n) is 2.09. The minimum Gasteiger partial charge on any atom is -0.505 e. The summed E-state index contributed by atoms with van der Waals surface area (Å²) in [5.41, 5.74) is 5.94. The molecule has 88 valence electrons. The summed E-state index contributed by atoms with van der Waals surface area (Å²) in [6.07, 6.45) is 0. The van der Waals surface area contributed by atoms with Gasteiger partial charge in [0.1, 0.15) is 0 Å². The number of para-hydroxylation sites is 1. The lowest BCUT2D eigenvalue weighted by Gasteiger charge is -2.19. The summed E-state index contributed by atoms with van der Waals surface area (Å²) in [4.78, 5) is 11.7. The molecule has 0 saturated heterocycles. The predicted molar refractivity (Wildman–Crippen MR) is 64.3 cm³/mol. The van der Waals surface area contributed by atoms with Gasteiger partial charge in [0, 0.05) is 6.54 Å². The predicted octanol–water partition coefficient (Wildman–Crippen LogP) is 1.75. The van der Waals surface area contributed by atoms with E-state index in [1.165, 1.54) is 0 Å². The van der Waals surface area contributed by atoms with E-state index < -0.39 is 0 Å². The van der Waals surface area contributed by atoms with Gasteiger partial charge in [0.05, 0.1) is 11.3 Å². The number of nitrogens with two attached hydrogens (primary N) is 1. The van der Waals surface area contributed by atoms with E-state index in [1.54, 1.807) is 18.2 Å². The molecule has 0 aliphatic carbocycles. The van der Waals surface area contributed by atoms with Gasteiger partial charge < -0.3 is 16.2 Å². The van der Waals surface area contributed by atoms with Gasteiger partial charge in [-0.1, -0.05) is 26.8 Å². The van der Waals surface area contributed by atoms with Crippen LogP contribution in [0.1, 0.15) is 31.1 Å². The topological polar surface area (TPSA) is 75.4 Å². The third kappa shape index (κ3) is 3.15. The highest BCUT2D eigenvalue weighted by atomic mass is 16.3. The van der Waals surface area contributed by atoms with E-state index in [2.05, 4.69) is 5.32 Å². The monoisotopic (exact) mass is 222 g/mol. The second-order valence-corrected chi connectivity index (χ2v) is 4.99. The molecule has 16 heavy (non-hydrogen) atoms. The molecule has 0 saturated carbocycles. The van der Waals surface area contributed by atoms with E-state index in [9.17, 15) is 9.90 Å². The molecule has 0 aliphatic rings. The molecule has 1 aromatic rings. The lowest BCUT2D eigenvalue weighted by atomic mass is 9.97. The van der Waals surface area contributed by atoms with Crippen LogP contribution >= 0.6 is 0 Å². The summed E-state index contributed by atoms with van der Waals surface area (Å²) < 4.78 is 0. The third-order valence-corrected chi connectivity index (χ3v) is 2.09. The number of hydrogen-bond donors (Lipinski definition) is 3. The number of phenols is 1. The minimum absolute atomic E-state index is 0.00556. The fraction of sp³-hybridized carbons (Fsp3) is 0.417. The highest BCUT2D eigenvalue weighted by Crippen LogP contribution is 2.24. The first-order chi connectivity index (χ1) is 7.31. The quantitative estimate of drug-likeness (QED) is 0.527. The first-order valence-electron chi connectivity index (χ1n) is 5.17. The van der Waals surface area contributed by atoms with Gasteiger partial charge in [-0.05, 0) is 17.5 Å². The van der Waals surface area contributed by atoms with Crippen LogP contribution in [-0.4, -0.2) is 17.6 Å². The average Bonchev–Trinajstić information content (AvgIpc) is 2.17. The smallest absolute Gasteiger partial charge is 0.255 e. The molecule has 0 atom stereocenters. The van der Waals surface area contributed by atoms with Crippen LogP contribution in [0.4, 0.5) is 5.69 Å². The lowest BCUT2D eigenvalue weighted by Crippen LogP contribution is -2.32. The van der Waals surface area contributed by atoms with E-state index in [0.29, 0.717) is 6.54 Å². The number of phenolic OH excluding ortho intramolecular Hbond substituents is 1. The maximum atomic E-state index is 11.7. The highest BCUT2D eigenvalue weighted by Gasteiger charge is 2.16. The molecular formula is C12H18N2O2. The molecule has 0 aromatic heterocycles. The SMILES string of the molecule is CC(C)(C)CNC(=O)c1cccc(N)c1O. The van der Waals surface area contributed by atoms with Crippen molar-refractivity contribution in [3.63, 3.8) is 0 Å². The zero-order valence-electron chi connectivity index (χ0n) is 9.87. The Balaban J connectivity index is 2.78. The van der Waals surface area contributed by atoms with Crippen molar-refractivity contribution < 1.29 is 9.90 Å². The minimum atomic E-state index is -0.306. The Morgan fingerprint density at radius 1 is 1.44 bits per heavy atom. The molecule has 0 fully saturated rings. The Morgan fingerprint density at radius 2 is 2.06 bits per heavy atom. The lowest BCUT2D eigenvalue weighted by molar-refractivity contribution is 0.0936. The molecule has 0 spiro atoms. The number of nitrogens with one attached hydrogen (secondary N) is 1. The van der Waals surface area contributed by atoms with Crippen LogP contribution < -0.4 is 11.1 Å². The molecule has 1 amide bonds. The molecule has 0 unspecified atom stereocenters. The van der Waals surface area contributed by atoms with Gasteiger partial charge in [-0.3, -0.25) is 4.79 Å². The van der Waals surface area contributed by atoms with Crippen LogP contribution in [0.2, 0.25) is 0 Å². The van der Waals surface area contributed by atoms with Crippen LogP contribution in [0.5, 0.6) is 5.75 Å². The number of rotatable bonds is 2. The maximum Gasteiger partial charge on any atom is 0.255 e. The van der Waals surface area contributed by atoms with E-state index in [1.807, 2.05) is 20.8 Å². The van der Waals surface area contributed by atoms with E-state index in [4.69, 9.17) is 5.73 Å². The number of nitrogen functional groups attached to an aromatic ring is 1. The normalized spacial score (nSPS) is 11.2. The molecule has 0 aliphatic heterocycles. The molecule has 1 aromatic carbocycles. The number of carbonyl (C=O) groups excluding carboxylic acids is 1. The van der Waals surface area contributed by atoms with Crippen molar-refractivity contribution in [1.29, 1.82) is 0 Å². The first kappa shape index (κ1) is 12.4. The van der Waals surface area contributed by atoms with Crippen LogP contribution in [0, 0.1) is 5.41 Å². The summed E-state index contributed by atoms with van der Waals surface area (Å²) in [7, 11) is 0. The number of aromatic hydroxyl groups is 1. The van der Waals surface area contributed by atoms with Crippen molar-refractivity contribution in [3.8, 4) is 5.75 Å². The number of carbonyl (C=O) groups is 1. The molecule has 0 radical (unpaired) electrons. The highest BCUT2D eigenvalue weighted by molar-refractivity contribution is 5.98. The largest absolute Gasteiger partial charge is 0.505 e. The van der Waals surface area contributed by atoms with Crippen molar-refractivity contribution in [2.75, 3.05) is 12.3 Å². The number of hydrogen-bond acceptors (Lipinski definition) is 3. The van der Waals surface area contributed by atoms with Crippen LogP contribution in [-0.2, 0) is 0 Å². The van der Waals surface area contributed by atoms with Crippen molar-refractivity contribution >= 4 is 11.6 Å². The van der Waals surface area contributed by atoms with E-state index in [-0.39, 0.29) is 28.3 Å². The molecule has 1 rings (SSSR count). The molecule has 4 nitrogen and oxygen atoms in total. The maximum absolute atomic E-state index is 11.7. The Labute approximate surface area is 95.5 Å². The standard InChI is InChI=1S/C12H18N2O2/c1-12(2,3)7-14-11(16)8-5-4-6-9(13)10(8)15/h4-6,15H,7,13H2,1-3H3,(H,14,16). The van der Waals surface area contributed by atoms with Crippen molar-refractivity contribution in [2.45, 2.75) is 20.8 Å². The Kier molecular flexibility index (Phi) is 3.42. The summed E-state index contributed by atoms with van der Waals surface area (Å²) in [6, 6.07) is 4.74. The zero-order chi connectivity index (χ0) is 12.3. The number of benzene rings is 1. The van der Waals surface area contributed by atoms with Gasteiger partial charge >= 0.3 is 0 Å². The van der Waals surface area contributed by atoms with Crippen LogP contribution in [0.25, 0.3) is 0 Å². The van der Waals surface area contributed by atoms with Crippen molar-refractivity contribution in [3.05, 3.63) is 23.8 Å². The Hall–Kier alpha value is -1.71. The fourth-order valence-electron chi connectivity index (χ4n) is 1.19. The molecular weight excluding hydrogens is 204 g/mol. The second-order valence-electron chi connectivity index (χ2n) is 4.99. The summed E-state index contributed by atoms with van der Waals surface area (Å²) in [5, 5.41) is 12.4. The second kappa shape index (κ2) is 4.43. The number of amides is 1. The average molecular weight is 222 g/mol. The summed E-state index contributed by atoms with van der Waals surface area (Å²) in [5.74, 6) is -0.464. The Morgan fingerprint density at radius 3 is 2.62 bits per heavy atom. The van der Waals surface area contributed by atoms with E-state index >= 15 is 0 Å². The zero-order valence-corrected chi connectivity index (χ0v) is 9.87. The van der Waals surface area contributed by atoms with Crippen molar-refractivity contribution in [2.24, 2.45) is 5.41 Å². The molecule has 0 heterocycles. The Bertz CT molecular complexity index is 394. The first-order valence-corrected chi connectivity index (χ1v) is 5.17.